The summed E-state index contributed by atoms with van der Waals surface area (Å²) in [5.41, 5.74) is 8.13. The van der Waals surface area contributed by atoms with E-state index in [0.29, 0.717) is 17.4 Å². The van der Waals surface area contributed by atoms with Crippen molar-refractivity contribution in [1.29, 1.82) is 0 Å². The molecule has 3 fully saturated rings. The van der Waals surface area contributed by atoms with Gasteiger partial charge in [0, 0.05) is 70.5 Å². The number of hydrogen-bond acceptors (Lipinski definition) is 17. The summed E-state index contributed by atoms with van der Waals surface area (Å²) < 4.78 is 12.5. The molecule has 5 N–H and O–H groups in total. The van der Waals surface area contributed by atoms with E-state index in [-0.39, 0.29) is 38.1 Å². The number of pyridine rings is 1. The molecule has 0 unspecified atom stereocenters. The molecule has 3 aliphatic rings. The van der Waals surface area contributed by atoms with Gasteiger partial charge >= 0.3 is 6.09 Å². The number of piperazine rings is 1. The number of rotatable bonds is 17. The van der Waals surface area contributed by atoms with E-state index in [9.17, 15) is 24.3 Å². The molecule has 4 amide bonds. The van der Waals surface area contributed by atoms with Crippen LogP contribution in [0, 0.1) is 19.3 Å². The van der Waals surface area contributed by atoms with Gasteiger partial charge in [0.25, 0.3) is 5.91 Å². The van der Waals surface area contributed by atoms with Crippen LogP contribution in [0.3, 0.4) is 0 Å². The summed E-state index contributed by atoms with van der Waals surface area (Å²) in [4.78, 5) is 83.4. The number of amides is 4. The lowest BCUT2D eigenvalue weighted by Crippen LogP contribution is -2.58. The molecular formula is C54H66N12O7S2. The molecule has 1 saturated carbocycles. The molecule has 0 radical (unpaired) electrons. The van der Waals surface area contributed by atoms with Crippen LogP contribution in [0.2, 0.25) is 0 Å². The van der Waals surface area contributed by atoms with E-state index in [0.717, 1.165) is 119 Å². The van der Waals surface area contributed by atoms with Crippen LogP contribution in [0.5, 0.6) is 5.75 Å². The molecule has 3 atom stereocenters. The zero-order valence-electron chi connectivity index (χ0n) is 43.1. The van der Waals surface area contributed by atoms with Crippen molar-refractivity contribution in [1.82, 2.24) is 45.4 Å². The van der Waals surface area contributed by atoms with Crippen molar-refractivity contribution < 1.29 is 33.8 Å². The zero-order valence-corrected chi connectivity index (χ0v) is 44.8. The Morgan fingerprint density at radius 3 is 2.33 bits per heavy atom. The molecule has 0 bridgehead atoms. The number of benzene rings is 2. The second-order valence-electron chi connectivity index (χ2n) is 20.6. The number of nitrogens with one attached hydrogen (secondary N) is 4. The maximum atomic E-state index is 14.1. The Morgan fingerprint density at radius 2 is 1.61 bits per heavy atom. The van der Waals surface area contributed by atoms with Gasteiger partial charge in [0.15, 0.2) is 17.5 Å². The van der Waals surface area contributed by atoms with E-state index >= 15 is 0 Å². The Kier molecular flexibility index (Phi) is 16.8. The molecule has 19 nitrogen and oxygen atoms in total. The smallest absolute Gasteiger partial charge is 0.411 e. The summed E-state index contributed by atoms with van der Waals surface area (Å²) >= 11 is 3.17. The van der Waals surface area contributed by atoms with Gasteiger partial charge in [-0.3, -0.25) is 29.6 Å². The number of ether oxygens (including phenoxy) is 2. The van der Waals surface area contributed by atoms with E-state index < -0.39 is 41.5 Å². The SMILES string of the molecule is Cc1ncc(-c2ccc3nc(NCCN4CCN(c5ncc(OCC(=O)N[C@H](C(=O)N6C[C@H](O)C[C@H]6C(=O)NCc6ccc(-c7scnc7C)cc6)C(C)(C)C)cn5)CC4)sc3c2)cc1NC(=O)OC1CCCCC1. The Hall–Kier alpha value is -6.81. The summed E-state index contributed by atoms with van der Waals surface area (Å²) in [6.45, 7) is 13.9. The summed E-state index contributed by atoms with van der Waals surface area (Å²) in [6, 6.07) is 14.1. The first-order valence-corrected chi connectivity index (χ1v) is 27.4. The van der Waals surface area contributed by atoms with Gasteiger partial charge in [-0.15, -0.1) is 11.3 Å². The summed E-state index contributed by atoms with van der Waals surface area (Å²) in [5, 5.41) is 23.7. The third-order valence-electron chi connectivity index (χ3n) is 13.9. The molecule has 6 heterocycles. The van der Waals surface area contributed by atoms with Gasteiger partial charge in [-0.25, -0.2) is 24.7 Å². The van der Waals surface area contributed by atoms with Crippen LogP contribution in [0.4, 0.5) is 21.6 Å². The molecule has 1 aliphatic carbocycles. The summed E-state index contributed by atoms with van der Waals surface area (Å²) in [7, 11) is 0. The average Bonchev–Trinajstić information content (AvgIpc) is 4.15. The zero-order chi connectivity index (χ0) is 52.6. The number of β-amino-alcohol motifs (C(OH)–C–C–N with tert-alkyl or cyclic N) is 1. The molecule has 4 aromatic heterocycles. The normalized spacial score (nSPS) is 17.9. The minimum absolute atomic E-state index is 0.0280. The third-order valence-corrected chi connectivity index (χ3v) is 15.9. The molecule has 2 aliphatic heterocycles. The number of likely N-dealkylation sites (tertiary alicyclic amines) is 1. The minimum atomic E-state index is -1.00. The molecule has 0 spiro atoms. The van der Waals surface area contributed by atoms with Crippen molar-refractivity contribution in [2.24, 2.45) is 5.41 Å². The lowest BCUT2D eigenvalue weighted by atomic mass is 9.85. The van der Waals surface area contributed by atoms with E-state index in [2.05, 4.69) is 57.1 Å². The highest BCUT2D eigenvalue weighted by Crippen LogP contribution is 2.33. The van der Waals surface area contributed by atoms with Crippen molar-refractivity contribution in [3.05, 3.63) is 89.6 Å². The van der Waals surface area contributed by atoms with E-state index in [1.165, 1.54) is 23.7 Å². The number of thiazole rings is 2. The number of carbonyl (C=O) groups is 4. The van der Waals surface area contributed by atoms with Crippen molar-refractivity contribution in [2.75, 3.05) is 68.0 Å². The number of carbonyl (C=O) groups excluding carboxylic acids is 4. The van der Waals surface area contributed by atoms with Crippen LogP contribution in [0.1, 0.15) is 76.2 Å². The van der Waals surface area contributed by atoms with Gasteiger partial charge in [-0.2, -0.15) is 0 Å². The Bertz CT molecular complexity index is 2950. The molecule has 21 heteroatoms. The van der Waals surface area contributed by atoms with Crippen LogP contribution in [0.25, 0.3) is 31.8 Å². The number of anilines is 3. The average molecular weight is 1060 g/mol. The van der Waals surface area contributed by atoms with Crippen LogP contribution >= 0.6 is 22.7 Å². The first-order chi connectivity index (χ1) is 36.1. The summed E-state index contributed by atoms with van der Waals surface area (Å²) in [6.07, 6.45) is 8.82. The largest absolute Gasteiger partial charge is 0.481 e. The molecule has 2 saturated heterocycles. The van der Waals surface area contributed by atoms with Gasteiger partial charge < -0.3 is 40.3 Å². The first kappa shape index (κ1) is 53.0. The standard InChI is InChI=1S/C54H66N12O7S2/c1-33-43(62-53(71)73-40-9-7-6-8-10-40)23-38(27-56-33)37-15-16-42-45(24-37)75-52(61-42)55-17-18-64-19-21-65(22-20-64)51-58-28-41(29-59-51)72-31-46(68)63-48(54(3,4)5)50(70)66-30-39(67)25-44(66)49(69)57-26-35-11-13-36(14-12-35)47-34(2)60-32-74-47/h11-16,23-24,27-29,32,39-40,44,48,67H,6-10,17-22,25-26,30-31H2,1-5H3,(H,55,61)(H,57,69)(H,62,71)(H,63,68)/t39-,44+,48-/m1/s1. The maximum absolute atomic E-state index is 14.1. The molecule has 75 heavy (non-hydrogen) atoms. The number of fused-ring (bicyclic) bond motifs is 1. The van der Waals surface area contributed by atoms with Crippen LogP contribution in [-0.4, -0.2) is 140 Å². The predicted octanol–water partition coefficient (Wildman–Crippen LogP) is 7.19. The number of aliphatic hydroxyl groups excluding tert-OH is 1. The molecule has 396 valence electrons. The monoisotopic (exact) mass is 1060 g/mol. The molecule has 6 aromatic rings. The lowest BCUT2D eigenvalue weighted by Gasteiger charge is -2.35. The quantitative estimate of drug-likeness (QED) is 0.0609. The fourth-order valence-electron chi connectivity index (χ4n) is 9.64. The topological polar surface area (TPSA) is 229 Å². The van der Waals surface area contributed by atoms with Crippen LogP contribution in [0.15, 0.2) is 72.6 Å². The fourth-order valence-corrected chi connectivity index (χ4v) is 11.4. The van der Waals surface area contributed by atoms with E-state index in [1.54, 1.807) is 22.7 Å². The molecule has 9 rings (SSSR count). The van der Waals surface area contributed by atoms with Crippen molar-refractivity contribution >= 4 is 73.5 Å². The van der Waals surface area contributed by atoms with Gasteiger partial charge in [0.05, 0.1) is 56.2 Å². The van der Waals surface area contributed by atoms with Crippen molar-refractivity contribution in [2.45, 2.75) is 104 Å². The van der Waals surface area contributed by atoms with Crippen LogP contribution < -0.4 is 30.9 Å². The Morgan fingerprint density at radius 1 is 0.867 bits per heavy atom. The number of aromatic nitrogens is 5. The molecular weight excluding hydrogens is 993 g/mol. The Labute approximate surface area is 444 Å². The second-order valence-corrected chi connectivity index (χ2v) is 22.4. The molecule has 2 aromatic carbocycles. The van der Waals surface area contributed by atoms with Gasteiger partial charge in [-0.1, -0.05) is 68.9 Å². The predicted molar refractivity (Wildman–Crippen MR) is 291 cm³/mol. The van der Waals surface area contributed by atoms with Crippen molar-refractivity contribution in [3.63, 3.8) is 0 Å². The van der Waals surface area contributed by atoms with Gasteiger partial charge in [0.1, 0.15) is 18.2 Å². The van der Waals surface area contributed by atoms with E-state index in [4.69, 9.17) is 14.5 Å². The number of nitrogens with zero attached hydrogens (tertiary/aromatic N) is 8. The first-order valence-electron chi connectivity index (χ1n) is 25.7. The number of aliphatic hydroxyl groups is 1. The maximum Gasteiger partial charge on any atom is 0.411 e. The minimum Gasteiger partial charge on any atom is -0.481 e. The lowest BCUT2D eigenvalue weighted by molar-refractivity contribution is -0.144. The van der Waals surface area contributed by atoms with Gasteiger partial charge in [-0.05, 0) is 79.8 Å². The fraction of sp³-hybridized carbons (Fsp3) is 0.463. The highest BCUT2D eigenvalue weighted by molar-refractivity contribution is 7.22. The van der Waals surface area contributed by atoms with Gasteiger partial charge in [0.2, 0.25) is 17.8 Å². The van der Waals surface area contributed by atoms with Crippen molar-refractivity contribution in [3.8, 4) is 27.3 Å². The van der Waals surface area contributed by atoms with Crippen LogP contribution in [-0.2, 0) is 25.7 Å². The Balaban J connectivity index is 0.699. The highest BCUT2D eigenvalue weighted by atomic mass is 32.1. The van der Waals surface area contributed by atoms with E-state index in [1.807, 2.05) is 88.8 Å². The number of hydrogen-bond donors (Lipinski definition) is 5. The second kappa shape index (κ2) is 23.8. The third kappa shape index (κ3) is 13.5. The number of aryl methyl sites for hydroxylation is 2. The summed E-state index contributed by atoms with van der Waals surface area (Å²) in [5.74, 6) is -0.492. The highest BCUT2D eigenvalue weighted by Gasteiger charge is 2.44.